The van der Waals surface area contributed by atoms with Gasteiger partial charge >= 0.3 is 0 Å². The van der Waals surface area contributed by atoms with Gasteiger partial charge < -0.3 is 20.0 Å². The maximum absolute atomic E-state index is 11.9. The molecule has 34 heavy (non-hydrogen) atoms. The maximum atomic E-state index is 11.9. The van der Waals surface area contributed by atoms with Gasteiger partial charge in [0.2, 0.25) is 5.91 Å². The van der Waals surface area contributed by atoms with E-state index < -0.39 is 0 Å². The van der Waals surface area contributed by atoms with Crippen molar-refractivity contribution in [3.05, 3.63) is 67.8 Å². The molecule has 0 unspecified atom stereocenters. The first-order valence-corrected chi connectivity index (χ1v) is 11.3. The second-order valence-electron chi connectivity index (χ2n) is 8.62. The summed E-state index contributed by atoms with van der Waals surface area (Å²) in [7, 11) is 0. The summed E-state index contributed by atoms with van der Waals surface area (Å²) in [5.41, 5.74) is 10.7. The zero-order chi connectivity index (χ0) is 23.2. The van der Waals surface area contributed by atoms with Crippen LogP contribution in [-0.4, -0.2) is 43.6 Å². The number of nitrogens with one attached hydrogen (secondary N) is 1. The third kappa shape index (κ3) is 3.26. The van der Waals surface area contributed by atoms with E-state index in [1.165, 1.54) is 6.08 Å². The van der Waals surface area contributed by atoms with Crippen LogP contribution in [0.15, 0.2) is 72.2 Å². The molecule has 1 amide bonds. The highest BCUT2D eigenvalue weighted by Gasteiger charge is 2.24. The second kappa shape index (κ2) is 7.91. The van der Waals surface area contributed by atoms with E-state index in [4.69, 9.17) is 10.2 Å². The van der Waals surface area contributed by atoms with Crippen LogP contribution in [0.5, 0.6) is 0 Å². The van der Waals surface area contributed by atoms with Crippen molar-refractivity contribution in [2.75, 3.05) is 18.8 Å². The van der Waals surface area contributed by atoms with Crippen LogP contribution >= 0.6 is 0 Å². The number of amides is 1. The van der Waals surface area contributed by atoms with Crippen LogP contribution < -0.4 is 5.73 Å². The summed E-state index contributed by atoms with van der Waals surface area (Å²) in [4.78, 5) is 21.3. The Morgan fingerprint density at radius 3 is 2.85 bits per heavy atom. The van der Waals surface area contributed by atoms with Crippen molar-refractivity contribution in [2.45, 2.75) is 18.9 Å². The fourth-order valence-corrected chi connectivity index (χ4v) is 4.86. The highest BCUT2D eigenvalue weighted by atomic mass is 16.3. The number of nitrogens with two attached hydrogens (primary N) is 1. The molecule has 1 fully saturated rings. The Kier molecular flexibility index (Phi) is 4.72. The number of nitrogen functional groups attached to an aromatic ring is 1. The van der Waals surface area contributed by atoms with Crippen molar-refractivity contribution >= 4 is 33.6 Å². The monoisotopic (exact) mass is 452 g/mol. The topological polar surface area (TPSA) is 106 Å². The molecule has 0 atom stereocenters. The Labute approximate surface area is 195 Å². The number of carbonyl (C=O) groups is 1. The van der Waals surface area contributed by atoms with E-state index in [2.05, 4.69) is 21.6 Å². The van der Waals surface area contributed by atoms with E-state index in [0.29, 0.717) is 24.5 Å². The minimum atomic E-state index is -0.0129. The summed E-state index contributed by atoms with van der Waals surface area (Å²) in [5, 5.41) is 6.62. The minimum absolute atomic E-state index is 0.0129. The molecule has 1 aliphatic heterocycles. The van der Waals surface area contributed by atoms with Gasteiger partial charge in [-0.25, -0.2) is 4.98 Å². The lowest BCUT2D eigenvalue weighted by atomic mass is 10.0. The van der Waals surface area contributed by atoms with E-state index in [1.807, 2.05) is 58.5 Å². The van der Waals surface area contributed by atoms with Crippen molar-refractivity contribution in [2.24, 2.45) is 0 Å². The average molecular weight is 453 g/mol. The average Bonchev–Trinajstić information content (AvgIpc) is 3.63. The van der Waals surface area contributed by atoms with Crippen LogP contribution in [0, 0.1) is 0 Å². The second-order valence-corrected chi connectivity index (χ2v) is 8.62. The number of rotatable bonds is 4. The molecule has 5 aromatic rings. The van der Waals surface area contributed by atoms with E-state index in [1.54, 1.807) is 6.20 Å². The number of fused-ring (bicyclic) bond motifs is 2. The standard InChI is InChI=1S/C26H24N6O2/c1-2-24(33)31-10-7-17(8-11-31)32-15-16(13-30-32)21-14-29-26(27)25-20(21)12-23(34-25)19-4-3-5-22-18(19)6-9-28-22/h2-6,9,12-15,17,28H,1,7-8,10-11H2,(H2,27,29). The number of nitrogens with zero attached hydrogens (tertiary/aromatic N) is 4. The van der Waals surface area contributed by atoms with Crippen LogP contribution in [-0.2, 0) is 4.79 Å². The van der Waals surface area contributed by atoms with Gasteiger partial charge in [0.25, 0.3) is 0 Å². The Balaban J connectivity index is 1.35. The Morgan fingerprint density at radius 1 is 1.18 bits per heavy atom. The molecule has 0 spiro atoms. The fourth-order valence-electron chi connectivity index (χ4n) is 4.86. The van der Waals surface area contributed by atoms with Crippen LogP contribution in [0.2, 0.25) is 0 Å². The molecule has 0 radical (unpaired) electrons. The molecule has 4 aromatic heterocycles. The zero-order valence-electron chi connectivity index (χ0n) is 18.6. The molecule has 0 aliphatic carbocycles. The van der Waals surface area contributed by atoms with Crippen LogP contribution in [0.3, 0.4) is 0 Å². The van der Waals surface area contributed by atoms with Gasteiger partial charge in [-0.05, 0) is 37.1 Å². The van der Waals surface area contributed by atoms with E-state index >= 15 is 0 Å². The van der Waals surface area contributed by atoms with Gasteiger partial charge in [0, 0.05) is 64.7 Å². The third-order valence-electron chi connectivity index (χ3n) is 6.69. The SMILES string of the molecule is C=CC(=O)N1CCC(n2cc(-c3cnc(N)c4oc(-c5cccc6[nH]ccc56)cc34)cn2)CC1. The molecule has 1 saturated heterocycles. The Hall–Kier alpha value is -4.33. The Bertz CT molecular complexity index is 1530. The predicted molar refractivity (Wildman–Crippen MR) is 132 cm³/mol. The first-order chi connectivity index (χ1) is 16.6. The summed E-state index contributed by atoms with van der Waals surface area (Å²) in [6.07, 6.45) is 10.7. The number of aromatic nitrogens is 4. The first-order valence-electron chi connectivity index (χ1n) is 11.3. The number of aromatic amines is 1. The zero-order valence-corrected chi connectivity index (χ0v) is 18.6. The number of H-pyrrole nitrogens is 1. The lowest BCUT2D eigenvalue weighted by Gasteiger charge is -2.31. The van der Waals surface area contributed by atoms with Crippen molar-refractivity contribution in [3.63, 3.8) is 0 Å². The lowest BCUT2D eigenvalue weighted by molar-refractivity contribution is -0.127. The molecule has 1 aliphatic rings. The van der Waals surface area contributed by atoms with Crippen molar-refractivity contribution < 1.29 is 9.21 Å². The lowest BCUT2D eigenvalue weighted by Crippen LogP contribution is -2.38. The van der Waals surface area contributed by atoms with E-state index in [-0.39, 0.29) is 11.9 Å². The van der Waals surface area contributed by atoms with Gasteiger partial charge in [0.05, 0.1) is 12.2 Å². The summed E-state index contributed by atoms with van der Waals surface area (Å²) < 4.78 is 8.21. The smallest absolute Gasteiger partial charge is 0.245 e. The summed E-state index contributed by atoms with van der Waals surface area (Å²) in [6.45, 7) is 4.99. The highest BCUT2D eigenvalue weighted by Crippen LogP contribution is 2.38. The first kappa shape index (κ1) is 20.3. The molecule has 8 nitrogen and oxygen atoms in total. The van der Waals surface area contributed by atoms with Crippen LogP contribution in [0.1, 0.15) is 18.9 Å². The molecule has 0 bridgehead atoms. The van der Waals surface area contributed by atoms with Crippen LogP contribution in [0.4, 0.5) is 5.82 Å². The molecular weight excluding hydrogens is 428 g/mol. The van der Waals surface area contributed by atoms with E-state index in [0.717, 1.165) is 51.6 Å². The number of carbonyl (C=O) groups excluding carboxylic acids is 1. The molecule has 5 heterocycles. The van der Waals surface area contributed by atoms with Gasteiger partial charge in [-0.15, -0.1) is 0 Å². The summed E-state index contributed by atoms with van der Waals surface area (Å²) in [6, 6.07) is 10.4. The van der Waals surface area contributed by atoms with Gasteiger partial charge in [0.1, 0.15) is 5.76 Å². The summed E-state index contributed by atoms with van der Waals surface area (Å²) in [5.74, 6) is 1.09. The molecule has 1 aromatic carbocycles. The van der Waals surface area contributed by atoms with Gasteiger partial charge in [0.15, 0.2) is 11.4 Å². The van der Waals surface area contributed by atoms with Gasteiger partial charge in [-0.1, -0.05) is 18.7 Å². The quantitative estimate of drug-likeness (QED) is 0.382. The molecule has 6 rings (SSSR count). The number of anilines is 1. The highest BCUT2D eigenvalue weighted by molar-refractivity contribution is 6.02. The van der Waals surface area contributed by atoms with Gasteiger partial charge in [-0.2, -0.15) is 5.10 Å². The maximum Gasteiger partial charge on any atom is 0.245 e. The minimum Gasteiger partial charge on any atom is -0.452 e. The predicted octanol–water partition coefficient (Wildman–Crippen LogP) is 4.77. The normalized spacial score (nSPS) is 14.8. The number of hydrogen-bond donors (Lipinski definition) is 2. The molecule has 170 valence electrons. The largest absolute Gasteiger partial charge is 0.452 e. The van der Waals surface area contributed by atoms with E-state index in [9.17, 15) is 4.79 Å². The summed E-state index contributed by atoms with van der Waals surface area (Å²) >= 11 is 0. The van der Waals surface area contributed by atoms with Gasteiger partial charge in [-0.3, -0.25) is 9.48 Å². The number of pyridine rings is 1. The molecule has 8 heteroatoms. The number of furan rings is 1. The van der Waals surface area contributed by atoms with Crippen molar-refractivity contribution in [3.8, 4) is 22.5 Å². The molecular formula is C26H24N6O2. The molecule has 0 saturated carbocycles. The number of benzene rings is 1. The number of hydrogen-bond acceptors (Lipinski definition) is 5. The third-order valence-corrected chi connectivity index (χ3v) is 6.69. The molecule has 3 N–H and O–H groups in total. The van der Waals surface area contributed by atoms with Crippen molar-refractivity contribution in [1.29, 1.82) is 0 Å². The fraction of sp³-hybridized carbons (Fsp3) is 0.192. The number of piperidine rings is 1. The van der Waals surface area contributed by atoms with Crippen LogP contribution in [0.25, 0.3) is 44.3 Å². The Morgan fingerprint density at radius 2 is 2.03 bits per heavy atom. The number of likely N-dealkylation sites (tertiary alicyclic amines) is 1. The van der Waals surface area contributed by atoms with Crippen molar-refractivity contribution in [1.82, 2.24) is 24.6 Å².